The Balaban J connectivity index is 1.73. The van der Waals surface area contributed by atoms with Crippen LogP contribution in [0.4, 0.5) is 11.6 Å². The fourth-order valence-corrected chi connectivity index (χ4v) is 5.16. The molecule has 4 heterocycles. The summed E-state index contributed by atoms with van der Waals surface area (Å²) in [5.41, 5.74) is 4.17. The maximum atomic E-state index is 13.2. The maximum absolute atomic E-state index is 13.2. The summed E-state index contributed by atoms with van der Waals surface area (Å²) in [6.45, 7) is 8.17. The minimum absolute atomic E-state index is 0.0185. The number of morpholine rings is 1. The molecule has 0 spiro atoms. The van der Waals surface area contributed by atoms with Crippen LogP contribution in [0, 0.1) is 0 Å². The van der Waals surface area contributed by atoms with Crippen molar-refractivity contribution in [3.63, 3.8) is 0 Å². The van der Waals surface area contributed by atoms with Crippen LogP contribution in [-0.2, 0) is 14.8 Å². The molecule has 0 saturated carbocycles. The van der Waals surface area contributed by atoms with Crippen LogP contribution < -0.4 is 14.5 Å². The smallest absolute Gasteiger partial charge is 0.283 e. The predicted octanol–water partition coefficient (Wildman–Crippen LogP) is 2.98. The molecule has 0 bridgehead atoms. The van der Waals surface area contributed by atoms with Gasteiger partial charge in [0.25, 0.3) is 5.91 Å². The summed E-state index contributed by atoms with van der Waals surface area (Å²) in [4.78, 5) is 31.1. The van der Waals surface area contributed by atoms with Gasteiger partial charge in [-0.2, -0.15) is 5.10 Å². The Kier molecular flexibility index (Phi) is 7.91. The Hall–Kier alpha value is -4.10. The first-order chi connectivity index (χ1) is 19.6. The Labute approximate surface area is 239 Å². The molecule has 41 heavy (non-hydrogen) atoms. The van der Waals surface area contributed by atoms with Crippen LogP contribution in [-0.4, -0.2) is 85.2 Å². The van der Waals surface area contributed by atoms with Crippen molar-refractivity contribution in [2.24, 2.45) is 0 Å². The van der Waals surface area contributed by atoms with Gasteiger partial charge < -0.3 is 14.5 Å². The molecule has 1 fully saturated rings. The molecular formula is C28H34N8O4S. The van der Waals surface area contributed by atoms with E-state index in [0.29, 0.717) is 49.0 Å². The normalized spacial score (nSPS) is 14.0. The van der Waals surface area contributed by atoms with Crippen LogP contribution in [0.3, 0.4) is 0 Å². The van der Waals surface area contributed by atoms with Gasteiger partial charge in [-0.15, -0.1) is 0 Å². The van der Waals surface area contributed by atoms with Gasteiger partial charge in [0.15, 0.2) is 5.65 Å². The third-order valence-electron chi connectivity index (χ3n) is 6.91. The molecule has 13 heteroatoms. The zero-order valence-electron chi connectivity index (χ0n) is 23.8. The van der Waals surface area contributed by atoms with Crippen molar-refractivity contribution in [1.29, 1.82) is 0 Å². The van der Waals surface area contributed by atoms with Gasteiger partial charge in [0.05, 0.1) is 35.7 Å². The number of carbonyl (C=O) groups excluding carboxylic acids is 1. The molecule has 12 nitrogen and oxygen atoms in total. The maximum Gasteiger partial charge on any atom is 0.283 e. The molecule has 1 aliphatic rings. The molecule has 0 atom stereocenters. The SMILES string of the molecule is CCS(=O)(=O)NC(=O)c1cc(-c2cnc(N3CCOCC3)nc2)c2c(C(C)C)nn(-c3cccc(N(C)C)c3)c2n1. The second kappa shape index (κ2) is 11.4. The topological polar surface area (TPSA) is 135 Å². The van der Waals surface area contributed by atoms with Crippen molar-refractivity contribution in [2.75, 3.05) is 56.0 Å². The van der Waals surface area contributed by atoms with Gasteiger partial charge in [-0.05, 0) is 37.1 Å². The molecule has 1 amide bonds. The van der Waals surface area contributed by atoms with E-state index >= 15 is 0 Å². The number of ether oxygens (including phenoxy) is 1. The van der Waals surface area contributed by atoms with Gasteiger partial charge in [-0.25, -0.2) is 32.8 Å². The number of nitrogens with one attached hydrogen (secondary N) is 1. The molecule has 1 saturated heterocycles. The Bertz CT molecular complexity index is 1680. The van der Waals surface area contributed by atoms with Crippen LogP contribution in [0.2, 0.25) is 0 Å². The number of sulfonamides is 1. The van der Waals surface area contributed by atoms with Crippen molar-refractivity contribution >= 4 is 38.6 Å². The van der Waals surface area contributed by atoms with Crippen molar-refractivity contribution in [1.82, 2.24) is 29.5 Å². The van der Waals surface area contributed by atoms with Crippen LogP contribution in [0.5, 0.6) is 0 Å². The number of amides is 1. The van der Waals surface area contributed by atoms with E-state index in [9.17, 15) is 13.2 Å². The second-order valence-electron chi connectivity index (χ2n) is 10.3. The summed E-state index contributed by atoms with van der Waals surface area (Å²) >= 11 is 0. The zero-order valence-corrected chi connectivity index (χ0v) is 24.6. The number of benzene rings is 1. The van der Waals surface area contributed by atoms with E-state index in [0.717, 1.165) is 22.5 Å². The van der Waals surface area contributed by atoms with E-state index in [-0.39, 0.29) is 17.4 Å². The molecule has 0 aliphatic carbocycles. The van der Waals surface area contributed by atoms with E-state index in [2.05, 4.69) is 24.6 Å². The van der Waals surface area contributed by atoms with Crippen molar-refractivity contribution in [3.05, 3.63) is 54.1 Å². The number of hydrogen-bond donors (Lipinski definition) is 1. The second-order valence-corrected chi connectivity index (χ2v) is 12.3. The number of hydrogen-bond acceptors (Lipinski definition) is 10. The molecule has 4 aromatic rings. The highest BCUT2D eigenvalue weighted by Gasteiger charge is 2.25. The van der Waals surface area contributed by atoms with Crippen molar-refractivity contribution in [3.8, 4) is 16.8 Å². The van der Waals surface area contributed by atoms with Crippen LogP contribution in [0.1, 0.15) is 42.9 Å². The summed E-state index contributed by atoms with van der Waals surface area (Å²) in [6, 6.07) is 9.39. The predicted molar refractivity (Wildman–Crippen MR) is 158 cm³/mol. The number of rotatable bonds is 8. The molecule has 0 radical (unpaired) electrons. The van der Waals surface area contributed by atoms with E-state index < -0.39 is 15.9 Å². The minimum atomic E-state index is -3.81. The average molecular weight is 579 g/mol. The zero-order chi connectivity index (χ0) is 29.3. The van der Waals surface area contributed by atoms with Crippen molar-refractivity contribution < 1.29 is 17.9 Å². The summed E-state index contributed by atoms with van der Waals surface area (Å²) in [5, 5.41) is 5.69. The first-order valence-corrected chi connectivity index (χ1v) is 15.1. The van der Waals surface area contributed by atoms with Gasteiger partial charge in [-0.1, -0.05) is 19.9 Å². The van der Waals surface area contributed by atoms with Gasteiger partial charge in [0.2, 0.25) is 16.0 Å². The average Bonchev–Trinajstić information content (AvgIpc) is 3.37. The lowest BCUT2D eigenvalue weighted by molar-refractivity contribution is 0.0977. The summed E-state index contributed by atoms with van der Waals surface area (Å²) < 4.78 is 33.8. The standard InChI is InChI=1S/C28H34N8O4S/c1-6-41(38,39)33-27(37)23-15-22(19-16-29-28(30-17-19)35-10-12-40-13-11-35)24-25(18(2)3)32-36(26(24)31-23)21-9-7-8-20(14-21)34(4)5/h7-9,14-18H,6,10-13H2,1-5H3,(H,33,37). The molecule has 0 unspecified atom stereocenters. The first-order valence-electron chi connectivity index (χ1n) is 13.5. The third kappa shape index (κ3) is 5.86. The quantitative estimate of drug-likeness (QED) is 0.332. The summed E-state index contributed by atoms with van der Waals surface area (Å²) in [7, 11) is 0.0943. The summed E-state index contributed by atoms with van der Waals surface area (Å²) in [6.07, 6.45) is 3.43. The lowest BCUT2D eigenvalue weighted by atomic mass is 9.99. The number of fused-ring (bicyclic) bond motifs is 1. The summed E-state index contributed by atoms with van der Waals surface area (Å²) in [5.74, 6) is -0.446. The van der Waals surface area contributed by atoms with Crippen LogP contribution in [0.25, 0.3) is 27.8 Å². The van der Waals surface area contributed by atoms with E-state index in [1.807, 2.05) is 57.1 Å². The Morgan fingerprint density at radius 1 is 1.12 bits per heavy atom. The highest BCUT2D eigenvalue weighted by molar-refractivity contribution is 7.90. The minimum Gasteiger partial charge on any atom is -0.378 e. The molecular weight excluding hydrogens is 544 g/mol. The largest absolute Gasteiger partial charge is 0.378 e. The number of aromatic nitrogens is 5. The number of anilines is 2. The monoisotopic (exact) mass is 578 g/mol. The van der Waals surface area contributed by atoms with Gasteiger partial charge in [-0.3, -0.25) is 4.79 Å². The fourth-order valence-electron chi connectivity index (χ4n) is 4.63. The third-order valence-corrected chi connectivity index (χ3v) is 8.16. The van der Waals surface area contributed by atoms with Crippen molar-refractivity contribution in [2.45, 2.75) is 26.7 Å². The number of pyridine rings is 1. The van der Waals surface area contributed by atoms with E-state index in [1.54, 1.807) is 23.1 Å². The fraction of sp³-hybridized carbons (Fsp3) is 0.393. The van der Waals surface area contributed by atoms with Gasteiger partial charge in [0, 0.05) is 56.4 Å². The van der Waals surface area contributed by atoms with Crippen LogP contribution in [0.15, 0.2) is 42.7 Å². The molecule has 5 rings (SSSR count). The van der Waals surface area contributed by atoms with Crippen LogP contribution >= 0.6 is 0 Å². The van der Waals surface area contributed by atoms with Gasteiger partial charge >= 0.3 is 0 Å². The number of nitrogens with zero attached hydrogens (tertiary/aromatic N) is 7. The lowest BCUT2D eigenvalue weighted by Gasteiger charge is -2.26. The van der Waals surface area contributed by atoms with E-state index in [4.69, 9.17) is 9.84 Å². The molecule has 1 N–H and O–H groups in total. The molecule has 1 aromatic carbocycles. The first kappa shape index (κ1) is 28.4. The molecule has 3 aromatic heterocycles. The number of carbonyl (C=O) groups is 1. The van der Waals surface area contributed by atoms with E-state index in [1.165, 1.54) is 6.92 Å². The van der Waals surface area contributed by atoms with Gasteiger partial charge in [0.1, 0.15) is 5.69 Å². The highest BCUT2D eigenvalue weighted by atomic mass is 32.2. The molecule has 1 aliphatic heterocycles. The highest BCUT2D eigenvalue weighted by Crippen LogP contribution is 2.35. The Morgan fingerprint density at radius 3 is 2.46 bits per heavy atom. The Morgan fingerprint density at radius 2 is 1.83 bits per heavy atom. The lowest BCUT2D eigenvalue weighted by Crippen LogP contribution is -2.37. The molecule has 216 valence electrons.